The largest absolute Gasteiger partial charge is 0.466 e. The predicted octanol–water partition coefficient (Wildman–Crippen LogP) is 2.79. The van der Waals surface area contributed by atoms with Gasteiger partial charge in [-0.25, -0.2) is 0 Å². The number of nitrogens with one attached hydrogen (secondary N) is 1. The van der Waals surface area contributed by atoms with Crippen molar-refractivity contribution in [3.8, 4) is 11.3 Å². The Bertz CT molecular complexity index is 537. The fraction of sp³-hybridized carbons (Fsp3) is 0.500. The summed E-state index contributed by atoms with van der Waals surface area (Å²) in [4.78, 5) is 0. The molecule has 4 nitrogen and oxygen atoms in total. The lowest BCUT2D eigenvalue weighted by Gasteiger charge is -2.07. The van der Waals surface area contributed by atoms with Crippen LogP contribution in [0.5, 0.6) is 0 Å². The first-order valence-corrected chi connectivity index (χ1v) is 6.30. The van der Waals surface area contributed by atoms with Crippen LogP contribution in [0, 0.1) is 13.8 Å². The molecule has 1 N–H and O–H groups in total. The minimum atomic E-state index is 0.463. The van der Waals surface area contributed by atoms with Crippen LogP contribution in [0.3, 0.4) is 0 Å². The average molecular weight is 247 g/mol. The van der Waals surface area contributed by atoms with Gasteiger partial charge < -0.3 is 9.73 Å². The Morgan fingerprint density at radius 2 is 2.11 bits per heavy atom. The Balaban J connectivity index is 2.35. The third kappa shape index (κ3) is 2.64. The molecule has 0 spiro atoms. The molecule has 2 rings (SSSR count). The summed E-state index contributed by atoms with van der Waals surface area (Å²) in [5, 5.41) is 7.98. The normalized spacial score (nSPS) is 11.4. The van der Waals surface area contributed by atoms with E-state index in [9.17, 15) is 0 Å². The van der Waals surface area contributed by atoms with E-state index in [1.807, 2.05) is 25.6 Å². The lowest BCUT2D eigenvalue weighted by molar-refractivity contribution is 0.505. The van der Waals surface area contributed by atoms with E-state index < -0.39 is 0 Å². The zero-order valence-electron chi connectivity index (χ0n) is 11.7. The van der Waals surface area contributed by atoms with E-state index in [0.717, 1.165) is 29.3 Å². The van der Waals surface area contributed by atoms with Crippen LogP contribution in [-0.2, 0) is 13.6 Å². The predicted molar refractivity (Wildman–Crippen MR) is 72.4 cm³/mol. The summed E-state index contributed by atoms with van der Waals surface area (Å²) in [5.41, 5.74) is 3.31. The molecule has 2 aromatic rings. The summed E-state index contributed by atoms with van der Waals surface area (Å²) >= 11 is 0. The van der Waals surface area contributed by atoms with E-state index in [-0.39, 0.29) is 0 Å². The third-order valence-electron chi connectivity index (χ3n) is 2.90. The van der Waals surface area contributed by atoms with Gasteiger partial charge in [0, 0.05) is 37.0 Å². The van der Waals surface area contributed by atoms with Crippen molar-refractivity contribution in [2.24, 2.45) is 7.05 Å². The van der Waals surface area contributed by atoms with E-state index in [4.69, 9.17) is 4.42 Å². The van der Waals surface area contributed by atoms with Crippen LogP contribution < -0.4 is 5.32 Å². The second-order valence-electron chi connectivity index (χ2n) is 5.04. The fourth-order valence-corrected chi connectivity index (χ4v) is 2.07. The van der Waals surface area contributed by atoms with Gasteiger partial charge in [-0.15, -0.1) is 0 Å². The van der Waals surface area contributed by atoms with Crippen LogP contribution in [-0.4, -0.2) is 15.8 Å². The van der Waals surface area contributed by atoms with E-state index >= 15 is 0 Å². The number of rotatable bonds is 4. The molecule has 0 atom stereocenters. The topological polar surface area (TPSA) is 43.0 Å². The molecular weight excluding hydrogens is 226 g/mol. The molecule has 18 heavy (non-hydrogen) atoms. The van der Waals surface area contributed by atoms with Crippen LogP contribution in [0.1, 0.15) is 30.9 Å². The zero-order chi connectivity index (χ0) is 13.3. The van der Waals surface area contributed by atoms with Crippen LogP contribution in [0.2, 0.25) is 0 Å². The SMILES string of the molecule is Cc1cc(-c2nn(C)cc2CNC(C)C)c(C)o1. The Kier molecular flexibility index (Phi) is 3.57. The minimum Gasteiger partial charge on any atom is -0.466 e. The molecule has 2 heterocycles. The molecule has 0 saturated heterocycles. The first-order valence-electron chi connectivity index (χ1n) is 6.30. The second-order valence-corrected chi connectivity index (χ2v) is 5.04. The summed E-state index contributed by atoms with van der Waals surface area (Å²) in [6, 6.07) is 2.52. The molecule has 0 aliphatic rings. The maximum Gasteiger partial charge on any atom is 0.110 e. The highest BCUT2D eigenvalue weighted by molar-refractivity contribution is 5.65. The second kappa shape index (κ2) is 4.98. The van der Waals surface area contributed by atoms with E-state index in [0.29, 0.717) is 6.04 Å². The van der Waals surface area contributed by atoms with Crippen LogP contribution in [0.4, 0.5) is 0 Å². The van der Waals surface area contributed by atoms with E-state index in [1.54, 1.807) is 0 Å². The highest BCUT2D eigenvalue weighted by Gasteiger charge is 2.15. The summed E-state index contributed by atoms with van der Waals surface area (Å²) in [6.45, 7) is 9.05. The zero-order valence-corrected chi connectivity index (χ0v) is 11.7. The molecule has 0 saturated carbocycles. The maximum absolute atomic E-state index is 5.59. The number of aromatic nitrogens is 2. The van der Waals surface area contributed by atoms with E-state index in [1.165, 1.54) is 5.56 Å². The van der Waals surface area contributed by atoms with Gasteiger partial charge >= 0.3 is 0 Å². The smallest absolute Gasteiger partial charge is 0.110 e. The Morgan fingerprint density at radius 1 is 1.39 bits per heavy atom. The van der Waals surface area contributed by atoms with Gasteiger partial charge in [0.05, 0.1) is 0 Å². The maximum atomic E-state index is 5.59. The molecule has 0 amide bonds. The Labute approximate surface area is 108 Å². The number of hydrogen-bond donors (Lipinski definition) is 1. The van der Waals surface area contributed by atoms with Crippen LogP contribution >= 0.6 is 0 Å². The third-order valence-corrected chi connectivity index (χ3v) is 2.90. The first-order chi connectivity index (χ1) is 8.47. The number of aryl methyl sites for hydroxylation is 3. The summed E-state index contributed by atoms with van der Waals surface area (Å²) in [5.74, 6) is 1.85. The molecule has 0 aliphatic carbocycles. The lowest BCUT2D eigenvalue weighted by Crippen LogP contribution is -2.21. The Hall–Kier alpha value is -1.55. The van der Waals surface area contributed by atoms with Crippen LogP contribution in [0.15, 0.2) is 16.7 Å². The van der Waals surface area contributed by atoms with Gasteiger partial charge in [0.15, 0.2) is 0 Å². The minimum absolute atomic E-state index is 0.463. The molecule has 0 unspecified atom stereocenters. The van der Waals surface area contributed by atoms with Crippen molar-refractivity contribution in [2.45, 2.75) is 40.3 Å². The highest BCUT2D eigenvalue weighted by Crippen LogP contribution is 2.28. The van der Waals surface area contributed by atoms with Gasteiger partial charge in [-0.05, 0) is 19.9 Å². The van der Waals surface area contributed by atoms with E-state index in [2.05, 4.69) is 36.5 Å². The number of nitrogens with zero attached hydrogens (tertiary/aromatic N) is 2. The van der Waals surface area contributed by atoms with Gasteiger partial charge in [0.2, 0.25) is 0 Å². The lowest BCUT2D eigenvalue weighted by atomic mass is 10.1. The standard InChI is InChI=1S/C14H21N3O/c1-9(2)15-7-12-8-17(5)16-14(12)13-6-10(3)18-11(13)4/h6,8-9,15H,7H2,1-5H3. The molecule has 0 bridgehead atoms. The molecule has 0 aliphatic heterocycles. The molecule has 4 heteroatoms. The van der Waals surface area contributed by atoms with Crippen molar-refractivity contribution in [2.75, 3.05) is 0 Å². The van der Waals surface area contributed by atoms with Gasteiger partial charge in [0.1, 0.15) is 17.2 Å². The molecule has 2 aromatic heterocycles. The van der Waals surface area contributed by atoms with Crippen molar-refractivity contribution in [1.29, 1.82) is 0 Å². The quantitative estimate of drug-likeness (QED) is 0.903. The number of furan rings is 1. The number of hydrogen-bond acceptors (Lipinski definition) is 3. The van der Waals surface area contributed by atoms with Gasteiger partial charge in [0.25, 0.3) is 0 Å². The first kappa shape index (κ1) is 12.9. The summed E-state index contributed by atoms with van der Waals surface area (Å²) < 4.78 is 7.44. The van der Waals surface area contributed by atoms with Gasteiger partial charge in [-0.2, -0.15) is 5.10 Å². The highest BCUT2D eigenvalue weighted by atomic mass is 16.3. The van der Waals surface area contributed by atoms with Crippen LogP contribution in [0.25, 0.3) is 11.3 Å². The summed E-state index contributed by atoms with van der Waals surface area (Å²) in [6.07, 6.45) is 2.06. The Morgan fingerprint density at radius 3 is 2.67 bits per heavy atom. The van der Waals surface area contributed by atoms with Crippen molar-refractivity contribution >= 4 is 0 Å². The molecule has 0 radical (unpaired) electrons. The van der Waals surface area contributed by atoms with Gasteiger partial charge in [-0.1, -0.05) is 13.8 Å². The molecule has 0 aromatic carbocycles. The molecular formula is C14H21N3O. The van der Waals surface area contributed by atoms with Crippen molar-refractivity contribution < 1.29 is 4.42 Å². The summed E-state index contributed by atoms with van der Waals surface area (Å²) in [7, 11) is 1.95. The average Bonchev–Trinajstić information content (AvgIpc) is 2.78. The fourth-order valence-electron chi connectivity index (χ4n) is 2.07. The van der Waals surface area contributed by atoms with Gasteiger partial charge in [-0.3, -0.25) is 4.68 Å². The molecule has 0 fully saturated rings. The van der Waals surface area contributed by atoms with Crippen molar-refractivity contribution in [3.05, 3.63) is 29.3 Å². The molecule has 98 valence electrons. The monoisotopic (exact) mass is 247 g/mol. The van der Waals surface area contributed by atoms with Crippen molar-refractivity contribution in [3.63, 3.8) is 0 Å². The van der Waals surface area contributed by atoms with Crippen molar-refractivity contribution in [1.82, 2.24) is 15.1 Å².